The van der Waals surface area contributed by atoms with Gasteiger partial charge in [-0.25, -0.2) is 0 Å². The number of halogens is 1. The van der Waals surface area contributed by atoms with E-state index in [2.05, 4.69) is 40.3 Å². The Morgan fingerprint density at radius 2 is 2.40 bits per heavy atom. The normalized spacial score (nSPS) is 19.1. The lowest BCUT2D eigenvalue weighted by Crippen LogP contribution is -2.52. The summed E-state index contributed by atoms with van der Waals surface area (Å²) in [7, 11) is 0. The van der Waals surface area contributed by atoms with Crippen molar-refractivity contribution in [2.45, 2.75) is 19.5 Å². The maximum absolute atomic E-state index is 11.5. The van der Waals surface area contributed by atoms with Crippen LogP contribution in [-0.2, 0) is 16.1 Å². The zero-order valence-electron chi connectivity index (χ0n) is 11.6. The number of carbonyl (C=O) groups is 1. The minimum atomic E-state index is -0.403. The number of anilines is 1. The number of nitrogens with one attached hydrogen (secondary N) is 1. The fourth-order valence-corrected chi connectivity index (χ4v) is 2.94. The van der Waals surface area contributed by atoms with Crippen molar-refractivity contribution in [3.05, 3.63) is 28.2 Å². The van der Waals surface area contributed by atoms with Gasteiger partial charge >= 0.3 is 0 Å². The van der Waals surface area contributed by atoms with E-state index in [1.807, 2.05) is 11.0 Å². The number of hydrogen-bond acceptors (Lipinski definition) is 4. The predicted octanol–water partition coefficient (Wildman–Crippen LogP) is 1.25. The highest BCUT2D eigenvalue weighted by Gasteiger charge is 2.28. The molecule has 5 nitrogen and oxygen atoms in total. The maximum Gasteiger partial charge on any atom is 0.242 e. The van der Waals surface area contributed by atoms with Gasteiger partial charge in [-0.15, -0.1) is 0 Å². The monoisotopic (exact) mass is 341 g/mol. The summed E-state index contributed by atoms with van der Waals surface area (Å²) in [4.78, 5) is 13.5. The lowest BCUT2D eigenvalue weighted by molar-refractivity contribution is -0.121. The fourth-order valence-electron chi connectivity index (χ4n) is 2.29. The highest BCUT2D eigenvalue weighted by molar-refractivity contribution is 9.10. The van der Waals surface area contributed by atoms with Crippen LogP contribution in [-0.4, -0.2) is 38.3 Å². The Morgan fingerprint density at radius 3 is 3.05 bits per heavy atom. The first kappa shape index (κ1) is 15.3. The number of nitrogens with two attached hydrogens (primary N) is 1. The highest BCUT2D eigenvalue weighted by atomic mass is 79.9. The molecule has 1 aromatic carbocycles. The van der Waals surface area contributed by atoms with Gasteiger partial charge in [0.15, 0.2) is 0 Å². The van der Waals surface area contributed by atoms with Crippen LogP contribution in [0.1, 0.15) is 12.5 Å². The first-order chi connectivity index (χ1) is 9.63. The molecule has 2 rings (SSSR count). The van der Waals surface area contributed by atoms with Crippen LogP contribution in [0.15, 0.2) is 22.7 Å². The Kier molecular flexibility index (Phi) is 5.39. The van der Waals surface area contributed by atoms with E-state index in [4.69, 9.17) is 10.5 Å². The summed E-state index contributed by atoms with van der Waals surface area (Å²) in [6, 6.07) is 5.76. The van der Waals surface area contributed by atoms with Crippen LogP contribution in [0.5, 0.6) is 0 Å². The van der Waals surface area contributed by atoms with E-state index in [1.54, 1.807) is 0 Å². The van der Waals surface area contributed by atoms with Crippen molar-refractivity contribution in [3.8, 4) is 0 Å². The van der Waals surface area contributed by atoms with E-state index in [0.717, 1.165) is 23.2 Å². The van der Waals surface area contributed by atoms with E-state index < -0.39 is 6.04 Å². The molecule has 1 amide bonds. The molecule has 1 aliphatic heterocycles. The standard InChI is InChI=1S/C14H20BrN3O2/c1-2-17-8-10-3-4-12(11(15)7-10)18-5-6-20-9-13(18)14(16)19/h3-4,7,13,17H,2,5-6,8-9H2,1H3,(H2,16,19). The molecule has 3 N–H and O–H groups in total. The number of morpholine rings is 1. The van der Waals surface area contributed by atoms with Gasteiger partial charge in [-0.3, -0.25) is 4.79 Å². The van der Waals surface area contributed by atoms with Crippen molar-refractivity contribution in [3.63, 3.8) is 0 Å². The molecule has 0 radical (unpaired) electrons. The number of amides is 1. The van der Waals surface area contributed by atoms with Gasteiger partial charge < -0.3 is 20.7 Å². The molecule has 0 aliphatic carbocycles. The summed E-state index contributed by atoms with van der Waals surface area (Å²) >= 11 is 3.59. The molecule has 0 aromatic heterocycles. The molecule has 0 saturated carbocycles. The van der Waals surface area contributed by atoms with Gasteiger partial charge in [0.05, 0.1) is 18.9 Å². The summed E-state index contributed by atoms with van der Waals surface area (Å²) in [5.41, 5.74) is 7.64. The van der Waals surface area contributed by atoms with Crippen molar-refractivity contribution >= 4 is 27.5 Å². The SMILES string of the molecule is CCNCc1ccc(N2CCOCC2C(N)=O)c(Br)c1. The summed E-state index contributed by atoms with van der Waals surface area (Å²) in [6.45, 7) is 5.47. The van der Waals surface area contributed by atoms with Gasteiger partial charge in [-0.1, -0.05) is 13.0 Å². The Bertz CT molecular complexity index is 481. The first-order valence-corrected chi connectivity index (χ1v) is 7.55. The molecule has 1 heterocycles. The number of ether oxygens (including phenoxy) is 1. The van der Waals surface area contributed by atoms with E-state index in [-0.39, 0.29) is 5.91 Å². The minimum absolute atomic E-state index is 0.348. The molecule has 1 fully saturated rings. The van der Waals surface area contributed by atoms with Crippen LogP contribution in [0.4, 0.5) is 5.69 Å². The topological polar surface area (TPSA) is 67.6 Å². The molecule has 110 valence electrons. The van der Waals surface area contributed by atoms with Crippen LogP contribution in [0.2, 0.25) is 0 Å². The number of nitrogens with zero attached hydrogens (tertiary/aromatic N) is 1. The van der Waals surface area contributed by atoms with Crippen molar-refractivity contribution in [2.24, 2.45) is 5.73 Å². The Hall–Kier alpha value is -1.11. The Labute approximate surface area is 127 Å². The Balaban J connectivity index is 2.20. The van der Waals surface area contributed by atoms with Gasteiger partial charge in [0.25, 0.3) is 0 Å². The predicted molar refractivity (Wildman–Crippen MR) is 82.7 cm³/mol. The second-order valence-electron chi connectivity index (χ2n) is 4.75. The molecule has 1 atom stereocenters. The third-order valence-corrected chi connectivity index (χ3v) is 3.99. The molecule has 1 unspecified atom stereocenters. The average molecular weight is 342 g/mol. The minimum Gasteiger partial charge on any atom is -0.377 e. The molecule has 0 spiro atoms. The molecule has 1 saturated heterocycles. The van der Waals surface area contributed by atoms with Crippen LogP contribution in [0, 0.1) is 0 Å². The quantitative estimate of drug-likeness (QED) is 0.845. The van der Waals surface area contributed by atoms with Gasteiger partial charge in [0.1, 0.15) is 6.04 Å². The van der Waals surface area contributed by atoms with Crippen LogP contribution in [0.3, 0.4) is 0 Å². The largest absolute Gasteiger partial charge is 0.377 e. The van der Waals surface area contributed by atoms with E-state index in [9.17, 15) is 4.79 Å². The summed E-state index contributed by atoms with van der Waals surface area (Å²) in [5.74, 6) is -0.353. The van der Waals surface area contributed by atoms with Gasteiger partial charge in [0, 0.05) is 17.6 Å². The third kappa shape index (κ3) is 3.50. The molecule has 6 heteroatoms. The average Bonchev–Trinajstić information content (AvgIpc) is 2.45. The van der Waals surface area contributed by atoms with Crippen molar-refractivity contribution < 1.29 is 9.53 Å². The smallest absolute Gasteiger partial charge is 0.242 e. The summed E-state index contributed by atoms with van der Waals surface area (Å²) < 4.78 is 6.32. The summed E-state index contributed by atoms with van der Waals surface area (Å²) in [6.07, 6.45) is 0. The molecular weight excluding hydrogens is 322 g/mol. The molecule has 1 aliphatic rings. The van der Waals surface area contributed by atoms with Crippen LogP contribution < -0.4 is 16.0 Å². The zero-order valence-corrected chi connectivity index (χ0v) is 13.1. The van der Waals surface area contributed by atoms with Gasteiger partial charge in [0.2, 0.25) is 5.91 Å². The van der Waals surface area contributed by atoms with E-state index >= 15 is 0 Å². The number of primary amides is 1. The van der Waals surface area contributed by atoms with Crippen molar-refractivity contribution in [2.75, 3.05) is 31.2 Å². The number of benzene rings is 1. The van der Waals surface area contributed by atoms with E-state index in [0.29, 0.717) is 19.8 Å². The molecule has 0 bridgehead atoms. The van der Waals surface area contributed by atoms with E-state index in [1.165, 1.54) is 5.56 Å². The lowest BCUT2D eigenvalue weighted by Gasteiger charge is -2.36. The molecule has 1 aromatic rings. The second kappa shape index (κ2) is 7.06. The maximum atomic E-state index is 11.5. The number of carbonyl (C=O) groups excluding carboxylic acids is 1. The first-order valence-electron chi connectivity index (χ1n) is 6.76. The van der Waals surface area contributed by atoms with Crippen LogP contribution in [0.25, 0.3) is 0 Å². The van der Waals surface area contributed by atoms with Gasteiger partial charge in [-0.2, -0.15) is 0 Å². The van der Waals surface area contributed by atoms with Crippen molar-refractivity contribution in [1.82, 2.24) is 5.32 Å². The zero-order chi connectivity index (χ0) is 14.5. The Morgan fingerprint density at radius 1 is 1.60 bits per heavy atom. The summed E-state index contributed by atoms with van der Waals surface area (Å²) in [5, 5.41) is 3.29. The number of hydrogen-bond donors (Lipinski definition) is 2. The number of rotatable bonds is 5. The fraction of sp³-hybridized carbons (Fsp3) is 0.500. The van der Waals surface area contributed by atoms with Gasteiger partial charge in [-0.05, 0) is 40.2 Å². The van der Waals surface area contributed by atoms with Crippen LogP contribution >= 0.6 is 15.9 Å². The lowest BCUT2D eigenvalue weighted by atomic mass is 10.1. The molecular formula is C14H20BrN3O2. The third-order valence-electron chi connectivity index (χ3n) is 3.36. The highest BCUT2D eigenvalue weighted by Crippen LogP contribution is 2.30. The second-order valence-corrected chi connectivity index (χ2v) is 5.61. The molecule has 20 heavy (non-hydrogen) atoms. The van der Waals surface area contributed by atoms with Crippen molar-refractivity contribution in [1.29, 1.82) is 0 Å².